The van der Waals surface area contributed by atoms with Gasteiger partial charge in [0, 0.05) is 0 Å². The molecule has 2 N–H and O–H groups in total. The lowest BCUT2D eigenvalue weighted by atomic mass is 10.2. The van der Waals surface area contributed by atoms with Crippen LogP contribution < -0.4 is 15.6 Å². The van der Waals surface area contributed by atoms with Gasteiger partial charge in [-0.15, -0.1) is 0 Å². The van der Waals surface area contributed by atoms with Crippen LogP contribution in [0, 0.1) is 5.82 Å². The number of benzene rings is 2. The van der Waals surface area contributed by atoms with Gasteiger partial charge in [-0.2, -0.15) is 4.98 Å². The Morgan fingerprint density at radius 2 is 1.65 bits per heavy atom. The predicted octanol–water partition coefficient (Wildman–Crippen LogP) is 3.21. The first-order chi connectivity index (χ1) is 11.2. The zero-order chi connectivity index (χ0) is 16.1. The standard InChI is InChI=1S/C17H15FN4O/c18-15-11-20-17(23-12-13-7-3-1-4-8-13)21-16(15)22(19)14-9-5-2-6-10-14/h1-11H,12,19H2. The van der Waals surface area contributed by atoms with E-state index in [2.05, 4.69) is 9.97 Å². The molecule has 0 radical (unpaired) electrons. The zero-order valence-corrected chi connectivity index (χ0v) is 12.3. The number of para-hydroxylation sites is 1. The molecule has 1 heterocycles. The highest BCUT2D eigenvalue weighted by Gasteiger charge is 2.14. The number of hydrazine groups is 1. The van der Waals surface area contributed by atoms with Gasteiger partial charge in [0.25, 0.3) is 0 Å². The maximum absolute atomic E-state index is 14.0. The fraction of sp³-hybridized carbons (Fsp3) is 0.0588. The third kappa shape index (κ3) is 3.61. The average molecular weight is 310 g/mol. The molecule has 2 aromatic carbocycles. The maximum Gasteiger partial charge on any atom is 0.318 e. The molecule has 23 heavy (non-hydrogen) atoms. The van der Waals surface area contributed by atoms with Gasteiger partial charge in [-0.3, -0.25) is 5.01 Å². The van der Waals surface area contributed by atoms with Gasteiger partial charge in [0.05, 0.1) is 11.9 Å². The highest BCUT2D eigenvalue weighted by atomic mass is 19.1. The lowest BCUT2D eigenvalue weighted by molar-refractivity contribution is 0.279. The van der Waals surface area contributed by atoms with Crippen LogP contribution in [0.3, 0.4) is 0 Å². The fourth-order valence-corrected chi connectivity index (χ4v) is 2.01. The summed E-state index contributed by atoms with van der Waals surface area (Å²) in [6.45, 7) is 0.293. The summed E-state index contributed by atoms with van der Waals surface area (Å²) in [6.07, 6.45) is 1.05. The normalized spacial score (nSPS) is 10.3. The molecule has 0 aliphatic heterocycles. The second-order valence-corrected chi connectivity index (χ2v) is 4.80. The first-order valence-electron chi connectivity index (χ1n) is 7.03. The number of ether oxygens (including phenoxy) is 1. The molecule has 0 unspecified atom stereocenters. The third-order valence-electron chi connectivity index (χ3n) is 3.18. The molecule has 1 aromatic heterocycles. The van der Waals surface area contributed by atoms with Crippen molar-refractivity contribution in [1.29, 1.82) is 0 Å². The van der Waals surface area contributed by atoms with E-state index < -0.39 is 5.82 Å². The van der Waals surface area contributed by atoms with Gasteiger partial charge in [-0.05, 0) is 17.7 Å². The van der Waals surface area contributed by atoms with E-state index in [-0.39, 0.29) is 11.8 Å². The van der Waals surface area contributed by atoms with Crippen molar-refractivity contribution in [3.63, 3.8) is 0 Å². The van der Waals surface area contributed by atoms with Gasteiger partial charge >= 0.3 is 6.01 Å². The van der Waals surface area contributed by atoms with Crippen LogP contribution in [-0.2, 0) is 6.61 Å². The lowest BCUT2D eigenvalue weighted by Crippen LogP contribution is -2.27. The smallest absolute Gasteiger partial charge is 0.318 e. The molecule has 0 saturated carbocycles. The van der Waals surface area contributed by atoms with Crippen molar-refractivity contribution in [2.45, 2.75) is 6.61 Å². The van der Waals surface area contributed by atoms with E-state index in [9.17, 15) is 4.39 Å². The van der Waals surface area contributed by atoms with Crippen LogP contribution in [0.2, 0.25) is 0 Å². The minimum absolute atomic E-state index is 0.0470. The number of hydrogen-bond acceptors (Lipinski definition) is 5. The summed E-state index contributed by atoms with van der Waals surface area (Å²) < 4.78 is 19.5. The molecule has 0 aliphatic carbocycles. The third-order valence-corrected chi connectivity index (χ3v) is 3.18. The van der Waals surface area contributed by atoms with Gasteiger partial charge in [0.2, 0.25) is 0 Å². The summed E-state index contributed by atoms with van der Waals surface area (Å²) in [5.74, 6) is 5.27. The molecule has 0 aliphatic rings. The van der Waals surface area contributed by atoms with Crippen molar-refractivity contribution in [1.82, 2.24) is 9.97 Å². The molecule has 0 fully saturated rings. The minimum atomic E-state index is -0.622. The quantitative estimate of drug-likeness (QED) is 0.579. The summed E-state index contributed by atoms with van der Waals surface area (Å²) in [5.41, 5.74) is 1.58. The van der Waals surface area contributed by atoms with E-state index >= 15 is 0 Å². The molecule has 0 bridgehead atoms. The van der Waals surface area contributed by atoms with Crippen molar-refractivity contribution in [3.05, 3.63) is 78.2 Å². The van der Waals surface area contributed by atoms with E-state index in [0.29, 0.717) is 12.3 Å². The van der Waals surface area contributed by atoms with Crippen LogP contribution in [0.15, 0.2) is 66.9 Å². The molecular weight excluding hydrogens is 295 g/mol. The SMILES string of the molecule is NN(c1ccccc1)c1nc(OCc2ccccc2)ncc1F. The second kappa shape index (κ2) is 6.85. The Morgan fingerprint density at radius 1 is 1.00 bits per heavy atom. The molecule has 0 atom stereocenters. The lowest BCUT2D eigenvalue weighted by Gasteiger charge is -2.18. The van der Waals surface area contributed by atoms with Crippen LogP contribution in [0.1, 0.15) is 5.56 Å². The molecule has 6 heteroatoms. The Labute approximate surface area is 133 Å². The first kappa shape index (κ1) is 14.9. The average Bonchev–Trinajstić information content (AvgIpc) is 2.62. The summed E-state index contributed by atoms with van der Waals surface area (Å²) in [5, 5.41) is 1.16. The number of hydrogen-bond donors (Lipinski definition) is 1. The van der Waals surface area contributed by atoms with E-state index in [1.165, 1.54) is 0 Å². The van der Waals surface area contributed by atoms with Crippen molar-refractivity contribution in [3.8, 4) is 6.01 Å². The summed E-state index contributed by atoms with van der Waals surface area (Å²) in [6, 6.07) is 18.6. The second-order valence-electron chi connectivity index (χ2n) is 4.80. The topological polar surface area (TPSA) is 64.3 Å². The Bertz CT molecular complexity index is 768. The van der Waals surface area contributed by atoms with Gasteiger partial charge < -0.3 is 4.74 Å². The fourth-order valence-electron chi connectivity index (χ4n) is 2.01. The molecule has 0 spiro atoms. The van der Waals surface area contributed by atoms with Crippen molar-refractivity contribution >= 4 is 11.5 Å². The van der Waals surface area contributed by atoms with Gasteiger partial charge in [0.15, 0.2) is 11.6 Å². The van der Waals surface area contributed by atoms with E-state index in [4.69, 9.17) is 10.6 Å². The molecule has 3 aromatic rings. The van der Waals surface area contributed by atoms with Gasteiger partial charge in [-0.25, -0.2) is 15.2 Å². The van der Waals surface area contributed by atoms with Crippen LogP contribution >= 0.6 is 0 Å². The molecule has 5 nitrogen and oxygen atoms in total. The van der Waals surface area contributed by atoms with Crippen LogP contribution in [0.4, 0.5) is 15.9 Å². The number of anilines is 2. The minimum Gasteiger partial charge on any atom is -0.459 e. The summed E-state index contributed by atoms with van der Waals surface area (Å²) >= 11 is 0. The van der Waals surface area contributed by atoms with E-state index in [0.717, 1.165) is 16.8 Å². The zero-order valence-electron chi connectivity index (χ0n) is 12.3. The van der Waals surface area contributed by atoms with Gasteiger partial charge in [-0.1, -0.05) is 48.5 Å². The number of nitrogens with two attached hydrogens (primary N) is 1. The number of nitrogens with zero attached hydrogens (tertiary/aromatic N) is 3. The highest BCUT2D eigenvalue weighted by Crippen LogP contribution is 2.23. The molecule has 0 saturated heterocycles. The summed E-state index contributed by atoms with van der Waals surface area (Å²) in [7, 11) is 0. The number of aromatic nitrogens is 2. The Kier molecular flexibility index (Phi) is 4.44. The predicted molar refractivity (Wildman–Crippen MR) is 85.5 cm³/mol. The molecule has 116 valence electrons. The highest BCUT2D eigenvalue weighted by molar-refractivity contribution is 5.58. The van der Waals surface area contributed by atoms with Crippen LogP contribution in [-0.4, -0.2) is 9.97 Å². The Morgan fingerprint density at radius 3 is 2.35 bits per heavy atom. The molecule has 0 amide bonds. The van der Waals surface area contributed by atoms with Crippen molar-refractivity contribution in [2.24, 2.45) is 5.84 Å². The largest absolute Gasteiger partial charge is 0.459 e. The van der Waals surface area contributed by atoms with Gasteiger partial charge in [0.1, 0.15) is 6.61 Å². The van der Waals surface area contributed by atoms with Crippen molar-refractivity contribution in [2.75, 3.05) is 5.01 Å². The number of halogens is 1. The van der Waals surface area contributed by atoms with Crippen LogP contribution in [0.25, 0.3) is 0 Å². The Balaban J connectivity index is 1.79. The summed E-state index contributed by atoms with van der Waals surface area (Å²) in [4.78, 5) is 7.90. The van der Waals surface area contributed by atoms with Crippen LogP contribution in [0.5, 0.6) is 6.01 Å². The maximum atomic E-state index is 14.0. The van der Waals surface area contributed by atoms with Crippen molar-refractivity contribution < 1.29 is 9.13 Å². The van der Waals surface area contributed by atoms with E-state index in [1.807, 2.05) is 36.4 Å². The molecular formula is C17H15FN4O. The first-order valence-corrected chi connectivity index (χ1v) is 7.03. The van der Waals surface area contributed by atoms with E-state index in [1.54, 1.807) is 24.3 Å². The number of rotatable bonds is 5. The monoisotopic (exact) mass is 310 g/mol. The molecule has 3 rings (SSSR count). The Hall–Kier alpha value is -2.99.